The molecule has 1 atom stereocenters. The van der Waals surface area contributed by atoms with E-state index in [0.29, 0.717) is 18.6 Å². The van der Waals surface area contributed by atoms with E-state index in [1.54, 1.807) is 6.92 Å². The summed E-state index contributed by atoms with van der Waals surface area (Å²) in [5.74, 6) is 0.0383. The van der Waals surface area contributed by atoms with Crippen molar-refractivity contribution >= 4 is 29.6 Å². The van der Waals surface area contributed by atoms with Gasteiger partial charge in [-0.15, -0.1) is 11.8 Å². The van der Waals surface area contributed by atoms with Gasteiger partial charge in [-0.25, -0.2) is 4.79 Å². The van der Waals surface area contributed by atoms with Crippen LogP contribution in [0.1, 0.15) is 30.0 Å². The molecule has 0 saturated carbocycles. The second-order valence-corrected chi connectivity index (χ2v) is 8.33. The van der Waals surface area contributed by atoms with Gasteiger partial charge in [0.15, 0.2) is 0 Å². The normalized spacial score (nSPS) is 18.6. The highest BCUT2D eigenvalue weighted by molar-refractivity contribution is 7.99. The quantitative estimate of drug-likeness (QED) is 0.654. The summed E-state index contributed by atoms with van der Waals surface area (Å²) < 4.78 is 0. The van der Waals surface area contributed by atoms with Gasteiger partial charge in [0.2, 0.25) is 5.91 Å². The summed E-state index contributed by atoms with van der Waals surface area (Å²) in [6.07, 6.45) is 1.10. The molecule has 1 aliphatic rings. The predicted molar refractivity (Wildman–Crippen MR) is 114 cm³/mol. The van der Waals surface area contributed by atoms with Crippen LogP contribution in [-0.4, -0.2) is 34.1 Å². The number of urea groups is 1. The van der Waals surface area contributed by atoms with Crippen LogP contribution in [0.4, 0.5) is 4.79 Å². The molecule has 3 rings (SSSR count). The zero-order valence-electron chi connectivity index (χ0n) is 16.6. The van der Waals surface area contributed by atoms with Crippen molar-refractivity contribution in [1.29, 1.82) is 0 Å². The minimum Gasteiger partial charge on any atom is -0.322 e. The van der Waals surface area contributed by atoms with Gasteiger partial charge in [-0.05, 0) is 43.4 Å². The molecule has 7 heteroatoms. The number of hydrogen-bond donors (Lipinski definition) is 2. The number of nitrogens with zero attached hydrogens (tertiary/aromatic N) is 1. The van der Waals surface area contributed by atoms with Crippen molar-refractivity contribution in [2.24, 2.45) is 0 Å². The minimum atomic E-state index is -1.03. The SMILES string of the molecule is Cc1ccccc1CSCC(=O)NN1C(=O)N[C@](C)(CCc2ccccc2)C1=O. The number of hydrogen-bond acceptors (Lipinski definition) is 4. The van der Waals surface area contributed by atoms with Crippen molar-refractivity contribution in [3.05, 3.63) is 71.3 Å². The number of benzene rings is 2. The van der Waals surface area contributed by atoms with Gasteiger partial charge in [0, 0.05) is 5.75 Å². The summed E-state index contributed by atoms with van der Waals surface area (Å²) >= 11 is 1.44. The smallest absolute Gasteiger partial charge is 0.322 e. The third-order valence-electron chi connectivity index (χ3n) is 5.01. The fourth-order valence-corrected chi connectivity index (χ4v) is 4.07. The number of rotatable bonds is 8. The lowest BCUT2D eigenvalue weighted by atomic mass is 9.93. The summed E-state index contributed by atoms with van der Waals surface area (Å²) in [6, 6.07) is 17.2. The third kappa shape index (κ3) is 5.17. The Labute approximate surface area is 175 Å². The first-order chi connectivity index (χ1) is 13.9. The van der Waals surface area contributed by atoms with E-state index < -0.39 is 17.5 Å². The van der Waals surface area contributed by atoms with Crippen LogP contribution < -0.4 is 10.7 Å². The lowest BCUT2D eigenvalue weighted by Crippen LogP contribution is -2.49. The Morgan fingerprint density at radius 3 is 2.52 bits per heavy atom. The van der Waals surface area contributed by atoms with Gasteiger partial charge in [0.05, 0.1) is 5.75 Å². The highest BCUT2D eigenvalue weighted by Crippen LogP contribution is 2.22. The van der Waals surface area contributed by atoms with E-state index in [4.69, 9.17) is 0 Å². The Kier molecular flexibility index (Phi) is 6.59. The van der Waals surface area contributed by atoms with E-state index in [9.17, 15) is 14.4 Å². The first-order valence-corrected chi connectivity index (χ1v) is 10.7. The fraction of sp³-hybridized carbons (Fsp3) is 0.318. The molecular weight excluding hydrogens is 386 g/mol. The molecule has 0 unspecified atom stereocenters. The van der Waals surface area contributed by atoms with Gasteiger partial charge >= 0.3 is 6.03 Å². The van der Waals surface area contributed by atoms with Gasteiger partial charge in [-0.1, -0.05) is 54.6 Å². The maximum atomic E-state index is 12.8. The molecule has 0 radical (unpaired) electrons. The second-order valence-electron chi connectivity index (χ2n) is 7.34. The third-order valence-corrected chi connectivity index (χ3v) is 5.99. The molecule has 1 saturated heterocycles. The highest BCUT2D eigenvalue weighted by atomic mass is 32.2. The first kappa shape index (κ1) is 20.9. The Hall–Kier alpha value is -2.80. The molecular formula is C22H25N3O3S. The zero-order valence-corrected chi connectivity index (χ0v) is 17.4. The molecule has 2 N–H and O–H groups in total. The molecule has 0 aliphatic carbocycles. The number of imide groups is 1. The summed E-state index contributed by atoms with van der Waals surface area (Å²) in [7, 11) is 0. The largest absolute Gasteiger partial charge is 0.344 e. The van der Waals surface area contributed by atoms with Crippen molar-refractivity contribution in [2.75, 3.05) is 5.75 Å². The molecule has 4 amide bonds. The topological polar surface area (TPSA) is 78.5 Å². The molecule has 2 aromatic carbocycles. The molecule has 1 fully saturated rings. The predicted octanol–water partition coefficient (Wildman–Crippen LogP) is 3.20. The first-order valence-electron chi connectivity index (χ1n) is 9.51. The molecule has 1 aliphatic heterocycles. The van der Waals surface area contributed by atoms with Crippen molar-refractivity contribution in [2.45, 2.75) is 38.0 Å². The van der Waals surface area contributed by atoms with Crippen LogP contribution >= 0.6 is 11.8 Å². The van der Waals surface area contributed by atoms with Gasteiger partial charge in [-0.2, -0.15) is 5.01 Å². The van der Waals surface area contributed by atoms with Gasteiger partial charge < -0.3 is 5.32 Å². The summed E-state index contributed by atoms with van der Waals surface area (Å²) in [6.45, 7) is 3.72. The molecule has 0 spiro atoms. The summed E-state index contributed by atoms with van der Waals surface area (Å²) in [5.41, 5.74) is 4.83. The second kappa shape index (κ2) is 9.13. The number of thioether (sulfide) groups is 1. The fourth-order valence-electron chi connectivity index (χ4n) is 3.18. The number of carbonyl (C=O) groups is 3. The molecule has 6 nitrogen and oxygen atoms in total. The zero-order chi connectivity index (χ0) is 20.9. The Balaban J connectivity index is 1.51. The van der Waals surface area contributed by atoms with Gasteiger partial charge in [-0.3, -0.25) is 15.0 Å². The Bertz CT molecular complexity index is 903. The number of nitrogens with one attached hydrogen (secondary N) is 2. The van der Waals surface area contributed by atoms with Crippen molar-refractivity contribution in [1.82, 2.24) is 15.8 Å². The molecule has 29 heavy (non-hydrogen) atoms. The number of hydrazine groups is 1. The summed E-state index contributed by atoms with van der Waals surface area (Å²) in [4.78, 5) is 37.3. The number of carbonyl (C=O) groups excluding carboxylic acids is 3. The van der Waals surface area contributed by atoms with Crippen LogP contribution in [0.15, 0.2) is 54.6 Å². The lowest BCUT2D eigenvalue weighted by Gasteiger charge is -2.21. The Morgan fingerprint density at radius 2 is 1.79 bits per heavy atom. The molecule has 152 valence electrons. The maximum Gasteiger partial charge on any atom is 0.344 e. The highest BCUT2D eigenvalue weighted by Gasteiger charge is 2.48. The van der Waals surface area contributed by atoms with E-state index in [2.05, 4.69) is 10.7 Å². The van der Waals surface area contributed by atoms with Crippen LogP contribution in [0.5, 0.6) is 0 Å². The number of aryl methyl sites for hydroxylation is 2. The Morgan fingerprint density at radius 1 is 1.10 bits per heavy atom. The molecule has 0 bridgehead atoms. The monoisotopic (exact) mass is 411 g/mol. The maximum absolute atomic E-state index is 12.8. The van der Waals surface area contributed by atoms with Crippen molar-refractivity contribution < 1.29 is 14.4 Å². The van der Waals surface area contributed by atoms with E-state index in [0.717, 1.165) is 16.1 Å². The molecule has 1 heterocycles. The number of amides is 4. The van der Waals surface area contributed by atoms with Crippen molar-refractivity contribution in [3.63, 3.8) is 0 Å². The molecule has 0 aromatic heterocycles. The van der Waals surface area contributed by atoms with E-state index in [-0.39, 0.29) is 11.7 Å². The summed E-state index contributed by atoms with van der Waals surface area (Å²) in [5, 5.41) is 3.52. The van der Waals surface area contributed by atoms with Crippen LogP contribution in [0.3, 0.4) is 0 Å². The van der Waals surface area contributed by atoms with Crippen LogP contribution in [0, 0.1) is 6.92 Å². The lowest BCUT2D eigenvalue weighted by molar-refractivity contribution is -0.138. The average molecular weight is 412 g/mol. The van der Waals surface area contributed by atoms with Crippen LogP contribution in [0.2, 0.25) is 0 Å². The van der Waals surface area contributed by atoms with Gasteiger partial charge in [0.25, 0.3) is 5.91 Å². The van der Waals surface area contributed by atoms with Crippen LogP contribution in [-0.2, 0) is 21.8 Å². The molecule has 2 aromatic rings. The van der Waals surface area contributed by atoms with E-state index in [1.165, 1.54) is 17.3 Å². The minimum absolute atomic E-state index is 0.159. The average Bonchev–Trinajstić information content (AvgIpc) is 2.92. The van der Waals surface area contributed by atoms with E-state index in [1.807, 2.05) is 61.5 Å². The van der Waals surface area contributed by atoms with Crippen molar-refractivity contribution in [3.8, 4) is 0 Å². The standard InChI is InChI=1S/C22H25N3O3S/c1-16-8-6-7-11-18(16)14-29-15-19(26)24-25-20(27)22(2,23-21(25)28)13-12-17-9-4-3-5-10-17/h3-11H,12-15H2,1-2H3,(H,23,28)(H,24,26)/t22-/m1/s1. The van der Waals surface area contributed by atoms with Gasteiger partial charge in [0.1, 0.15) is 5.54 Å². The van der Waals surface area contributed by atoms with E-state index >= 15 is 0 Å². The van der Waals surface area contributed by atoms with Crippen LogP contribution in [0.25, 0.3) is 0 Å².